The molecule has 1 aromatic carbocycles. The number of aromatic nitrogens is 2. The quantitative estimate of drug-likeness (QED) is 0.736. The minimum atomic E-state index is -3.39. The van der Waals surface area contributed by atoms with Crippen molar-refractivity contribution < 1.29 is 13.2 Å². The monoisotopic (exact) mass is 377 g/mol. The Morgan fingerprint density at radius 1 is 1.35 bits per heavy atom. The number of carbonyl (C=O) groups excluding carboxylic acids is 1. The molecule has 1 fully saturated rings. The molecule has 0 radical (unpaired) electrons. The Bertz CT molecular complexity index is 901. The van der Waals surface area contributed by atoms with Gasteiger partial charge < -0.3 is 10.6 Å². The van der Waals surface area contributed by atoms with E-state index in [1.807, 2.05) is 10.9 Å². The Morgan fingerprint density at radius 2 is 2.15 bits per heavy atom. The number of sulfonamides is 1. The average molecular weight is 377 g/mol. The summed E-state index contributed by atoms with van der Waals surface area (Å²) in [6.45, 7) is 3.66. The maximum Gasteiger partial charge on any atom is 0.276 e. The van der Waals surface area contributed by atoms with E-state index < -0.39 is 10.0 Å². The van der Waals surface area contributed by atoms with Crippen LogP contribution < -0.4 is 15.4 Å². The molecule has 3 rings (SSSR count). The van der Waals surface area contributed by atoms with Crippen LogP contribution in [0.25, 0.3) is 0 Å². The molecular weight excluding hydrogens is 354 g/mol. The number of anilines is 2. The van der Waals surface area contributed by atoms with Crippen molar-refractivity contribution in [1.82, 2.24) is 15.1 Å². The number of nitrogens with one attached hydrogen (secondary N) is 3. The van der Waals surface area contributed by atoms with Gasteiger partial charge in [-0.15, -0.1) is 0 Å². The van der Waals surface area contributed by atoms with Crippen LogP contribution in [-0.4, -0.2) is 43.5 Å². The lowest BCUT2D eigenvalue weighted by Gasteiger charge is -2.22. The van der Waals surface area contributed by atoms with Gasteiger partial charge in [0, 0.05) is 18.4 Å². The third-order valence-corrected chi connectivity index (χ3v) is 4.87. The summed E-state index contributed by atoms with van der Waals surface area (Å²) in [4.78, 5) is 12.5. The zero-order chi connectivity index (χ0) is 18.7. The largest absolute Gasteiger partial charge is 0.321 e. The van der Waals surface area contributed by atoms with Crippen LogP contribution in [0.15, 0.2) is 30.5 Å². The molecule has 1 saturated heterocycles. The first-order valence-electron chi connectivity index (χ1n) is 8.47. The SMILES string of the molecule is Cc1ccc(NC(=O)c2ccn(C3CCCNC3)n2)cc1NS(C)(=O)=O. The van der Waals surface area contributed by atoms with E-state index in [0.717, 1.165) is 37.8 Å². The predicted octanol–water partition coefficient (Wildman–Crippen LogP) is 1.74. The van der Waals surface area contributed by atoms with E-state index in [0.29, 0.717) is 17.1 Å². The summed E-state index contributed by atoms with van der Waals surface area (Å²) in [7, 11) is -3.39. The Hall–Kier alpha value is -2.39. The predicted molar refractivity (Wildman–Crippen MR) is 101 cm³/mol. The fourth-order valence-corrected chi connectivity index (χ4v) is 3.55. The number of hydrogen-bond donors (Lipinski definition) is 3. The van der Waals surface area contributed by atoms with Gasteiger partial charge >= 0.3 is 0 Å². The van der Waals surface area contributed by atoms with E-state index in [4.69, 9.17) is 0 Å². The molecule has 140 valence electrons. The topological polar surface area (TPSA) is 105 Å². The summed E-state index contributed by atoms with van der Waals surface area (Å²) in [5.74, 6) is -0.332. The number of aryl methyl sites for hydroxylation is 1. The molecule has 1 atom stereocenters. The van der Waals surface area contributed by atoms with Crippen molar-refractivity contribution in [2.45, 2.75) is 25.8 Å². The molecule has 1 unspecified atom stereocenters. The summed E-state index contributed by atoms with van der Waals surface area (Å²) >= 11 is 0. The molecule has 0 saturated carbocycles. The summed E-state index contributed by atoms with van der Waals surface area (Å²) in [6.07, 6.45) is 5.03. The second-order valence-electron chi connectivity index (χ2n) is 6.54. The van der Waals surface area contributed by atoms with Gasteiger partial charge in [0.1, 0.15) is 0 Å². The van der Waals surface area contributed by atoms with Crippen LogP contribution in [0.4, 0.5) is 11.4 Å². The zero-order valence-electron chi connectivity index (χ0n) is 14.8. The number of piperidine rings is 1. The summed E-state index contributed by atoms with van der Waals surface area (Å²) in [5, 5.41) is 10.5. The normalized spacial score (nSPS) is 17.7. The lowest BCUT2D eigenvalue weighted by Crippen LogP contribution is -2.32. The molecular formula is C17H23N5O3S. The van der Waals surface area contributed by atoms with Gasteiger partial charge in [-0.25, -0.2) is 8.42 Å². The summed E-state index contributed by atoms with van der Waals surface area (Å²) in [6, 6.07) is 7.01. The van der Waals surface area contributed by atoms with E-state index in [2.05, 4.69) is 20.5 Å². The second kappa shape index (κ2) is 7.46. The molecule has 1 aromatic heterocycles. The highest BCUT2D eigenvalue weighted by molar-refractivity contribution is 7.92. The van der Waals surface area contributed by atoms with Crippen molar-refractivity contribution in [2.24, 2.45) is 0 Å². The minimum absolute atomic E-state index is 0.259. The van der Waals surface area contributed by atoms with E-state index in [1.165, 1.54) is 0 Å². The molecule has 9 heteroatoms. The Kier molecular flexibility index (Phi) is 5.28. The fourth-order valence-electron chi connectivity index (χ4n) is 2.93. The number of nitrogens with zero attached hydrogens (tertiary/aromatic N) is 2. The van der Waals surface area contributed by atoms with Gasteiger partial charge in [-0.3, -0.25) is 14.2 Å². The van der Waals surface area contributed by atoms with E-state index in [-0.39, 0.29) is 11.9 Å². The second-order valence-corrected chi connectivity index (χ2v) is 8.29. The van der Waals surface area contributed by atoms with Gasteiger partial charge in [0.15, 0.2) is 5.69 Å². The van der Waals surface area contributed by atoms with Crippen LogP contribution in [0, 0.1) is 6.92 Å². The van der Waals surface area contributed by atoms with Gasteiger partial charge in [0.05, 0.1) is 18.0 Å². The average Bonchev–Trinajstić information content (AvgIpc) is 3.08. The third-order valence-electron chi connectivity index (χ3n) is 4.28. The van der Waals surface area contributed by atoms with E-state index >= 15 is 0 Å². The van der Waals surface area contributed by atoms with Gasteiger partial charge in [0.25, 0.3) is 5.91 Å². The number of rotatable bonds is 5. The number of carbonyl (C=O) groups is 1. The van der Waals surface area contributed by atoms with E-state index in [1.54, 1.807) is 31.2 Å². The lowest BCUT2D eigenvalue weighted by atomic mass is 10.1. The highest BCUT2D eigenvalue weighted by Crippen LogP contribution is 2.22. The van der Waals surface area contributed by atoms with Gasteiger partial charge in [-0.05, 0) is 50.1 Å². The number of amides is 1. The highest BCUT2D eigenvalue weighted by Gasteiger charge is 2.18. The molecule has 1 aliphatic heterocycles. The first-order valence-corrected chi connectivity index (χ1v) is 10.4. The molecule has 26 heavy (non-hydrogen) atoms. The van der Waals surface area contributed by atoms with Crippen molar-refractivity contribution in [3.63, 3.8) is 0 Å². The summed E-state index contributed by atoms with van der Waals surface area (Å²) < 4.78 is 27.2. The molecule has 1 aliphatic rings. The van der Waals surface area contributed by atoms with Crippen molar-refractivity contribution in [3.05, 3.63) is 41.7 Å². The molecule has 2 aromatic rings. The number of hydrogen-bond acceptors (Lipinski definition) is 5. The number of benzene rings is 1. The first kappa shape index (κ1) is 18.4. The molecule has 1 amide bonds. The van der Waals surface area contributed by atoms with Gasteiger partial charge in [-0.2, -0.15) is 5.10 Å². The third kappa shape index (κ3) is 4.61. The highest BCUT2D eigenvalue weighted by atomic mass is 32.2. The molecule has 0 aliphatic carbocycles. The van der Waals surface area contributed by atoms with Crippen molar-refractivity contribution in [1.29, 1.82) is 0 Å². The minimum Gasteiger partial charge on any atom is -0.321 e. The summed E-state index contributed by atoms with van der Waals surface area (Å²) in [5.41, 5.74) is 2.03. The van der Waals surface area contributed by atoms with Crippen LogP contribution in [0.3, 0.4) is 0 Å². The van der Waals surface area contributed by atoms with Crippen LogP contribution in [0.5, 0.6) is 0 Å². The van der Waals surface area contributed by atoms with Crippen LogP contribution in [0.1, 0.15) is 34.9 Å². The first-order chi connectivity index (χ1) is 12.3. The zero-order valence-corrected chi connectivity index (χ0v) is 15.6. The Balaban J connectivity index is 1.72. The molecule has 8 nitrogen and oxygen atoms in total. The standard InChI is InChI=1S/C17H23N5O3S/c1-12-5-6-13(10-16(12)21-26(2,24)25)19-17(23)15-7-9-22(20-15)14-4-3-8-18-11-14/h5-7,9-10,14,18,21H,3-4,8,11H2,1-2H3,(H,19,23). The molecule has 0 spiro atoms. The van der Waals surface area contributed by atoms with Crippen LogP contribution in [-0.2, 0) is 10.0 Å². The Labute approximate surface area is 153 Å². The van der Waals surface area contributed by atoms with Gasteiger partial charge in [-0.1, -0.05) is 6.07 Å². The smallest absolute Gasteiger partial charge is 0.276 e. The van der Waals surface area contributed by atoms with Crippen molar-refractivity contribution in [3.8, 4) is 0 Å². The van der Waals surface area contributed by atoms with Crippen LogP contribution >= 0.6 is 0 Å². The maximum absolute atomic E-state index is 12.5. The van der Waals surface area contributed by atoms with Crippen molar-refractivity contribution in [2.75, 3.05) is 29.4 Å². The van der Waals surface area contributed by atoms with Crippen LogP contribution in [0.2, 0.25) is 0 Å². The fraction of sp³-hybridized carbons (Fsp3) is 0.412. The lowest BCUT2D eigenvalue weighted by molar-refractivity contribution is 0.102. The van der Waals surface area contributed by atoms with Gasteiger partial charge in [0.2, 0.25) is 10.0 Å². The van der Waals surface area contributed by atoms with Crippen molar-refractivity contribution >= 4 is 27.3 Å². The molecule has 0 bridgehead atoms. The Morgan fingerprint density at radius 3 is 2.85 bits per heavy atom. The van der Waals surface area contributed by atoms with E-state index in [9.17, 15) is 13.2 Å². The maximum atomic E-state index is 12.5. The molecule has 3 N–H and O–H groups in total. The molecule has 2 heterocycles.